The highest BCUT2D eigenvalue weighted by Gasteiger charge is 2.12. The predicted octanol–water partition coefficient (Wildman–Crippen LogP) is 4.65. The number of hydrogen-bond acceptors (Lipinski definition) is 2. The normalized spacial score (nSPS) is 12.3. The zero-order valence-electron chi connectivity index (χ0n) is 12.2. The van der Waals surface area contributed by atoms with Crippen LogP contribution < -0.4 is 5.32 Å². The molecule has 1 heterocycles. The Hall–Kier alpha value is -0.900. The largest absolute Gasteiger partial charge is 0.313 e. The van der Waals surface area contributed by atoms with Gasteiger partial charge in [-0.05, 0) is 65.0 Å². The van der Waals surface area contributed by atoms with E-state index in [1.54, 1.807) is 0 Å². The molecule has 2 aromatic rings. The van der Waals surface area contributed by atoms with Crippen LogP contribution in [-0.4, -0.2) is 17.6 Å². The van der Waals surface area contributed by atoms with Crippen molar-refractivity contribution in [3.8, 4) is 0 Å². The van der Waals surface area contributed by atoms with Gasteiger partial charge < -0.3 is 5.32 Å². The minimum atomic E-state index is 0.362. The van der Waals surface area contributed by atoms with Gasteiger partial charge in [0.05, 0.1) is 0 Å². The minimum Gasteiger partial charge on any atom is -0.313 e. The fourth-order valence-corrected chi connectivity index (χ4v) is 2.97. The van der Waals surface area contributed by atoms with Gasteiger partial charge in [0.1, 0.15) is 0 Å². The molecular formula is C17H20BrClN2. The molecule has 1 atom stereocenters. The van der Waals surface area contributed by atoms with E-state index in [1.807, 2.05) is 30.6 Å². The SMILES string of the molecule is CCCNC(Cc1cncc(Br)c1)Cc1ccccc1Cl. The molecule has 0 radical (unpaired) electrons. The molecule has 1 aromatic heterocycles. The summed E-state index contributed by atoms with van der Waals surface area (Å²) in [5.41, 5.74) is 2.42. The lowest BCUT2D eigenvalue weighted by atomic mass is 9.99. The Labute approximate surface area is 140 Å². The molecule has 21 heavy (non-hydrogen) atoms. The second kappa shape index (κ2) is 8.52. The highest BCUT2D eigenvalue weighted by molar-refractivity contribution is 9.10. The molecule has 112 valence electrons. The van der Waals surface area contributed by atoms with Crippen molar-refractivity contribution < 1.29 is 0 Å². The quantitative estimate of drug-likeness (QED) is 0.770. The Balaban J connectivity index is 2.09. The maximum atomic E-state index is 6.28. The second-order valence-corrected chi connectivity index (χ2v) is 6.48. The third-order valence-corrected chi connectivity index (χ3v) is 4.15. The lowest BCUT2D eigenvalue weighted by molar-refractivity contribution is 0.504. The molecule has 0 fully saturated rings. The van der Waals surface area contributed by atoms with Crippen LogP contribution in [0.4, 0.5) is 0 Å². The molecule has 0 aliphatic carbocycles. The van der Waals surface area contributed by atoms with E-state index >= 15 is 0 Å². The molecule has 1 aromatic carbocycles. The predicted molar refractivity (Wildman–Crippen MR) is 92.9 cm³/mol. The van der Waals surface area contributed by atoms with Crippen LogP contribution in [0.3, 0.4) is 0 Å². The summed E-state index contributed by atoms with van der Waals surface area (Å²) in [5, 5.41) is 4.45. The first-order valence-corrected chi connectivity index (χ1v) is 8.42. The van der Waals surface area contributed by atoms with Gasteiger partial charge in [-0.1, -0.05) is 36.7 Å². The van der Waals surface area contributed by atoms with Crippen LogP contribution in [0.25, 0.3) is 0 Å². The first kappa shape index (κ1) is 16.5. The van der Waals surface area contributed by atoms with Crippen molar-refractivity contribution in [1.82, 2.24) is 10.3 Å². The maximum absolute atomic E-state index is 6.28. The average molecular weight is 368 g/mol. The van der Waals surface area contributed by atoms with Gasteiger partial charge in [0.25, 0.3) is 0 Å². The molecule has 4 heteroatoms. The molecule has 0 amide bonds. The van der Waals surface area contributed by atoms with E-state index in [-0.39, 0.29) is 0 Å². The zero-order valence-corrected chi connectivity index (χ0v) is 14.5. The summed E-state index contributed by atoms with van der Waals surface area (Å²) in [4.78, 5) is 4.24. The van der Waals surface area contributed by atoms with Gasteiger partial charge in [0, 0.05) is 27.9 Å². The Bertz CT molecular complexity index is 574. The van der Waals surface area contributed by atoms with Gasteiger partial charge in [-0.25, -0.2) is 0 Å². The molecule has 0 saturated carbocycles. The molecule has 0 spiro atoms. The van der Waals surface area contributed by atoms with Crippen molar-refractivity contribution in [2.24, 2.45) is 0 Å². The average Bonchev–Trinajstić information content (AvgIpc) is 2.47. The topological polar surface area (TPSA) is 24.9 Å². The summed E-state index contributed by atoms with van der Waals surface area (Å²) in [6, 6.07) is 10.6. The Morgan fingerprint density at radius 3 is 2.76 bits per heavy atom. The van der Waals surface area contributed by atoms with Crippen molar-refractivity contribution in [2.75, 3.05) is 6.54 Å². The van der Waals surface area contributed by atoms with Gasteiger partial charge in [-0.3, -0.25) is 4.98 Å². The maximum Gasteiger partial charge on any atom is 0.0438 e. The molecule has 1 unspecified atom stereocenters. The Morgan fingerprint density at radius 1 is 1.24 bits per heavy atom. The molecule has 2 nitrogen and oxygen atoms in total. The van der Waals surface area contributed by atoms with Crippen LogP contribution in [0.2, 0.25) is 5.02 Å². The monoisotopic (exact) mass is 366 g/mol. The van der Waals surface area contributed by atoms with Crippen LogP contribution >= 0.6 is 27.5 Å². The molecular weight excluding hydrogens is 348 g/mol. The van der Waals surface area contributed by atoms with Crippen LogP contribution in [-0.2, 0) is 12.8 Å². The van der Waals surface area contributed by atoms with Crippen LogP contribution in [0.1, 0.15) is 24.5 Å². The van der Waals surface area contributed by atoms with E-state index in [0.29, 0.717) is 6.04 Å². The molecule has 1 N–H and O–H groups in total. The standard InChI is InChI=1S/C17H20BrClN2/c1-2-7-21-16(9-13-8-15(18)12-20-11-13)10-14-5-3-4-6-17(14)19/h3-6,8,11-12,16,21H,2,7,9-10H2,1H3. The molecule has 2 rings (SSSR count). The van der Waals surface area contributed by atoms with E-state index in [2.05, 4.69) is 45.3 Å². The van der Waals surface area contributed by atoms with Gasteiger partial charge in [-0.2, -0.15) is 0 Å². The molecule has 0 aliphatic rings. The van der Waals surface area contributed by atoms with Crippen molar-refractivity contribution in [2.45, 2.75) is 32.2 Å². The summed E-state index contributed by atoms with van der Waals surface area (Å²) in [6.45, 7) is 3.19. The number of hydrogen-bond donors (Lipinski definition) is 1. The van der Waals surface area contributed by atoms with E-state index in [4.69, 9.17) is 11.6 Å². The number of aromatic nitrogens is 1. The Morgan fingerprint density at radius 2 is 2.05 bits per heavy atom. The number of nitrogens with one attached hydrogen (secondary N) is 1. The molecule has 0 aliphatic heterocycles. The van der Waals surface area contributed by atoms with E-state index in [9.17, 15) is 0 Å². The fourth-order valence-electron chi connectivity index (χ4n) is 2.35. The van der Waals surface area contributed by atoms with E-state index < -0.39 is 0 Å². The van der Waals surface area contributed by atoms with Crippen LogP contribution in [0, 0.1) is 0 Å². The lowest BCUT2D eigenvalue weighted by Crippen LogP contribution is -2.34. The first-order chi connectivity index (χ1) is 10.2. The highest BCUT2D eigenvalue weighted by Crippen LogP contribution is 2.19. The van der Waals surface area contributed by atoms with Crippen LogP contribution in [0.15, 0.2) is 47.2 Å². The van der Waals surface area contributed by atoms with Crippen molar-refractivity contribution in [3.05, 3.63) is 63.3 Å². The van der Waals surface area contributed by atoms with Crippen LogP contribution in [0.5, 0.6) is 0 Å². The van der Waals surface area contributed by atoms with E-state index in [0.717, 1.165) is 35.3 Å². The van der Waals surface area contributed by atoms with Gasteiger partial charge >= 0.3 is 0 Å². The van der Waals surface area contributed by atoms with Gasteiger partial charge in [-0.15, -0.1) is 0 Å². The number of nitrogens with zero attached hydrogens (tertiary/aromatic N) is 1. The summed E-state index contributed by atoms with van der Waals surface area (Å²) >= 11 is 9.76. The van der Waals surface area contributed by atoms with E-state index in [1.165, 1.54) is 11.1 Å². The number of rotatable bonds is 7. The number of pyridine rings is 1. The summed E-state index contributed by atoms with van der Waals surface area (Å²) in [6.07, 6.45) is 6.73. The van der Waals surface area contributed by atoms with Gasteiger partial charge in [0.15, 0.2) is 0 Å². The third-order valence-electron chi connectivity index (χ3n) is 3.35. The summed E-state index contributed by atoms with van der Waals surface area (Å²) < 4.78 is 1.02. The molecule has 0 bridgehead atoms. The number of halogens is 2. The second-order valence-electron chi connectivity index (χ2n) is 5.16. The highest BCUT2D eigenvalue weighted by atomic mass is 79.9. The summed E-state index contributed by atoms with van der Waals surface area (Å²) in [7, 11) is 0. The Kier molecular flexibility index (Phi) is 6.68. The first-order valence-electron chi connectivity index (χ1n) is 7.25. The minimum absolute atomic E-state index is 0.362. The fraction of sp³-hybridized carbons (Fsp3) is 0.353. The van der Waals surface area contributed by atoms with Crippen molar-refractivity contribution >= 4 is 27.5 Å². The van der Waals surface area contributed by atoms with Crippen molar-refractivity contribution in [3.63, 3.8) is 0 Å². The van der Waals surface area contributed by atoms with Crippen molar-refractivity contribution in [1.29, 1.82) is 0 Å². The van der Waals surface area contributed by atoms with Gasteiger partial charge in [0.2, 0.25) is 0 Å². The number of benzene rings is 1. The summed E-state index contributed by atoms with van der Waals surface area (Å²) in [5.74, 6) is 0. The lowest BCUT2D eigenvalue weighted by Gasteiger charge is -2.19. The molecule has 0 saturated heterocycles. The smallest absolute Gasteiger partial charge is 0.0438 e. The third kappa shape index (κ3) is 5.42. The zero-order chi connectivity index (χ0) is 15.1.